The molecule has 0 unspecified atom stereocenters. The summed E-state index contributed by atoms with van der Waals surface area (Å²) in [5.74, 6) is 0.666. The van der Waals surface area contributed by atoms with Crippen molar-refractivity contribution in [3.63, 3.8) is 0 Å². The van der Waals surface area contributed by atoms with Crippen LogP contribution in [-0.2, 0) is 6.54 Å². The molecule has 1 atom stereocenters. The number of H-pyrrole nitrogens is 1. The van der Waals surface area contributed by atoms with Crippen LogP contribution in [0.3, 0.4) is 0 Å². The Kier molecular flexibility index (Phi) is 3.27. The molecule has 1 N–H and O–H groups in total. The standard InChI is InChI=1S/C17H16FN7O/c18-11-3-4-23(8-11)16-2-1-12(5-19-16)25-9-14-15(22-25)10-24(17(14)26)13-6-20-21-7-13/h1-2,5-7,9,11H,3-4,8,10H2,(H,20,21)/t11-/m0/s1. The van der Waals surface area contributed by atoms with Gasteiger partial charge in [-0.2, -0.15) is 10.2 Å². The Balaban J connectivity index is 1.37. The third-order valence-corrected chi connectivity index (χ3v) is 4.82. The molecule has 0 radical (unpaired) electrons. The Morgan fingerprint density at radius 1 is 1.23 bits per heavy atom. The maximum Gasteiger partial charge on any atom is 0.262 e. The second-order valence-corrected chi connectivity index (χ2v) is 6.49. The fourth-order valence-corrected chi connectivity index (χ4v) is 3.43. The normalized spacial score (nSPS) is 19.4. The summed E-state index contributed by atoms with van der Waals surface area (Å²) in [6.45, 7) is 1.49. The van der Waals surface area contributed by atoms with Crippen LogP contribution >= 0.6 is 0 Å². The highest BCUT2D eigenvalue weighted by atomic mass is 19.1. The minimum absolute atomic E-state index is 0.0942. The highest BCUT2D eigenvalue weighted by Gasteiger charge is 2.32. The van der Waals surface area contributed by atoms with E-state index in [1.54, 1.807) is 34.4 Å². The quantitative estimate of drug-likeness (QED) is 0.775. The first kappa shape index (κ1) is 15.1. The molecule has 1 saturated heterocycles. The van der Waals surface area contributed by atoms with Crippen molar-refractivity contribution in [1.82, 2.24) is 25.0 Å². The minimum atomic E-state index is -0.783. The van der Waals surface area contributed by atoms with Crippen molar-refractivity contribution >= 4 is 17.4 Å². The fourth-order valence-electron chi connectivity index (χ4n) is 3.43. The van der Waals surface area contributed by atoms with E-state index in [1.807, 2.05) is 17.0 Å². The Hall–Kier alpha value is -3.23. The maximum atomic E-state index is 13.3. The van der Waals surface area contributed by atoms with Gasteiger partial charge in [-0.15, -0.1) is 0 Å². The molecule has 1 amide bonds. The predicted molar refractivity (Wildman–Crippen MR) is 92.2 cm³/mol. The summed E-state index contributed by atoms with van der Waals surface area (Å²) < 4.78 is 15.0. The summed E-state index contributed by atoms with van der Waals surface area (Å²) in [6.07, 6.45) is 6.48. The van der Waals surface area contributed by atoms with Gasteiger partial charge in [0, 0.05) is 18.9 Å². The molecular weight excluding hydrogens is 337 g/mol. The average Bonchev–Trinajstić information content (AvgIpc) is 3.41. The lowest BCUT2D eigenvalue weighted by Gasteiger charge is -2.16. The molecule has 132 valence electrons. The monoisotopic (exact) mass is 353 g/mol. The van der Waals surface area contributed by atoms with Crippen LogP contribution in [0.15, 0.2) is 36.9 Å². The van der Waals surface area contributed by atoms with Gasteiger partial charge in [-0.25, -0.2) is 14.1 Å². The number of hydrogen-bond donors (Lipinski definition) is 1. The van der Waals surface area contributed by atoms with Crippen molar-refractivity contribution in [3.8, 4) is 5.69 Å². The van der Waals surface area contributed by atoms with Gasteiger partial charge in [0.05, 0.1) is 48.1 Å². The fraction of sp³-hybridized carbons (Fsp3) is 0.294. The van der Waals surface area contributed by atoms with Crippen LogP contribution in [0.5, 0.6) is 0 Å². The second-order valence-electron chi connectivity index (χ2n) is 6.49. The number of aromatic amines is 1. The molecule has 2 aliphatic heterocycles. The van der Waals surface area contributed by atoms with E-state index in [1.165, 1.54) is 0 Å². The third kappa shape index (κ3) is 2.35. The molecule has 0 saturated carbocycles. The lowest BCUT2D eigenvalue weighted by Crippen LogP contribution is -2.23. The zero-order chi connectivity index (χ0) is 17.7. The van der Waals surface area contributed by atoms with Gasteiger partial charge in [-0.05, 0) is 18.6 Å². The molecule has 5 heterocycles. The van der Waals surface area contributed by atoms with Gasteiger partial charge < -0.3 is 4.90 Å². The van der Waals surface area contributed by atoms with E-state index in [-0.39, 0.29) is 5.91 Å². The Labute approximate surface area is 148 Å². The molecule has 3 aromatic rings. The van der Waals surface area contributed by atoms with Crippen LogP contribution in [0.1, 0.15) is 22.5 Å². The SMILES string of the molecule is O=C1c2cn(-c3ccc(N4CC[C@H](F)C4)nc3)nc2CN1c1cn[nH]c1. The topological polar surface area (TPSA) is 82.9 Å². The van der Waals surface area contributed by atoms with Gasteiger partial charge in [-0.1, -0.05) is 0 Å². The van der Waals surface area contributed by atoms with Gasteiger partial charge in [0.1, 0.15) is 12.0 Å². The number of pyridine rings is 1. The number of rotatable bonds is 3. The molecule has 0 aromatic carbocycles. The Morgan fingerprint density at radius 3 is 2.81 bits per heavy atom. The largest absolute Gasteiger partial charge is 0.354 e. The summed E-state index contributed by atoms with van der Waals surface area (Å²) in [4.78, 5) is 20.6. The average molecular weight is 353 g/mol. The summed E-state index contributed by atoms with van der Waals surface area (Å²) >= 11 is 0. The number of fused-ring (bicyclic) bond motifs is 1. The first-order valence-corrected chi connectivity index (χ1v) is 8.43. The van der Waals surface area contributed by atoms with E-state index in [2.05, 4.69) is 20.3 Å². The molecule has 0 spiro atoms. The number of anilines is 2. The number of alkyl halides is 1. The molecular formula is C17H16FN7O. The van der Waals surface area contributed by atoms with E-state index >= 15 is 0 Å². The number of amides is 1. The second kappa shape index (κ2) is 5.65. The van der Waals surface area contributed by atoms with Gasteiger partial charge in [0.25, 0.3) is 5.91 Å². The first-order valence-electron chi connectivity index (χ1n) is 8.43. The summed E-state index contributed by atoms with van der Waals surface area (Å²) in [7, 11) is 0. The van der Waals surface area contributed by atoms with Crippen molar-refractivity contribution < 1.29 is 9.18 Å². The molecule has 8 nitrogen and oxygen atoms in total. The smallest absolute Gasteiger partial charge is 0.262 e. The van der Waals surface area contributed by atoms with Gasteiger partial charge in [0.15, 0.2) is 0 Å². The molecule has 3 aromatic heterocycles. The van der Waals surface area contributed by atoms with Crippen molar-refractivity contribution in [2.24, 2.45) is 0 Å². The predicted octanol–water partition coefficient (Wildman–Crippen LogP) is 1.70. The molecule has 9 heteroatoms. The van der Waals surface area contributed by atoms with Crippen molar-refractivity contribution in [3.05, 3.63) is 48.2 Å². The summed E-state index contributed by atoms with van der Waals surface area (Å²) in [5.41, 5.74) is 2.79. The number of halogens is 1. The number of nitrogens with zero attached hydrogens (tertiary/aromatic N) is 6. The van der Waals surface area contributed by atoms with Crippen molar-refractivity contribution in [1.29, 1.82) is 0 Å². The van der Waals surface area contributed by atoms with Crippen LogP contribution in [-0.4, -0.2) is 50.1 Å². The minimum Gasteiger partial charge on any atom is -0.354 e. The van der Waals surface area contributed by atoms with Crippen LogP contribution in [0.4, 0.5) is 15.9 Å². The first-order chi connectivity index (χ1) is 12.7. The molecule has 0 bridgehead atoms. The number of carbonyl (C=O) groups excluding carboxylic acids is 1. The van der Waals surface area contributed by atoms with Crippen LogP contribution in [0.2, 0.25) is 0 Å². The van der Waals surface area contributed by atoms with Gasteiger partial charge >= 0.3 is 0 Å². The van der Waals surface area contributed by atoms with E-state index in [0.29, 0.717) is 31.6 Å². The molecule has 5 rings (SSSR count). The molecule has 1 fully saturated rings. The van der Waals surface area contributed by atoms with Crippen molar-refractivity contribution in [2.45, 2.75) is 19.1 Å². The number of hydrogen-bond acceptors (Lipinski definition) is 5. The number of aromatic nitrogens is 5. The third-order valence-electron chi connectivity index (χ3n) is 4.82. The Morgan fingerprint density at radius 2 is 2.15 bits per heavy atom. The lowest BCUT2D eigenvalue weighted by atomic mass is 10.3. The summed E-state index contributed by atoms with van der Waals surface area (Å²) in [5, 5.41) is 11.1. The molecule has 26 heavy (non-hydrogen) atoms. The van der Waals surface area contributed by atoms with E-state index in [9.17, 15) is 9.18 Å². The van der Waals surface area contributed by atoms with Crippen LogP contribution in [0.25, 0.3) is 5.69 Å². The van der Waals surface area contributed by atoms with Crippen LogP contribution < -0.4 is 9.80 Å². The highest BCUT2D eigenvalue weighted by molar-refractivity contribution is 6.09. The lowest BCUT2D eigenvalue weighted by molar-refractivity contribution is 0.0996. The zero-order valence-electron chi connectivity index (χ0n) is 13.8. The van der Waals surface area contributed by atoms with Gasteiger partial charge in [-0.3, -0.25) is 14.8 Å². The van der Waals surface area contributed by atoms with Gasteiger partial charge in [0.2, 0.25) is 0 Å². The molecule has 2 aliphatic rings. The highest BCUT2D eigenvalue weighted by Crippen LogP contribution is 2.28. The molecule has 0 aliphatic carbocycles. The zero-order valence-corrected chi connectivity index (χ0v) is 13.8. The van der Waals surface area contributed by atoms with Crippen LogP contribution in [0, 0.1) is 0 Å². The van der Waals surface area contributed by atoms with E-state index < -0.39 is 6.17 Å². The van der Waals surface area contributed by atoms with E-state index in [4.69, 9.17) is 0 Å². The maximum absolute atomic E-state index is 13.3. The Bertz CT molecular complexity index is 950. The van der Waals surface area contributed by atoms with E-state index in [0.717, 1.165) is 22.9 Å². The summed E-state index contributed by atoms with van der Waals surface area (Å²) in [6, 6.07) is 3.74. The van der Waals surface area contributed by atoms with Crippen molar-refractivity contribution in [2.75, 3.05) is 22.9 Å². The number of carbonyl (C=O) groups is 1. The number of nitrogens with one attached hydrogen (secondary N) is 1.